The maximum Gasteiger partial charge on any atom is 0.239 e. The fraction of sp³-hybridized carbons (Fsp3) is 0.414. The molecule has 0 unspecified atom stereocenters. The molecule has 1 amide bonds. The molecule has 0 aliphatic heterocycles. The third-order valence-corrected chi connectivity index (χ3v) is 7.17. The van der Waals surface area contributed by atoms with Crippen LogP contribution in [-0.4, -0.2) is 45.7 Å². The van der Waals surface area contributed by atoms with Gasteiger partial charge in [-0.2, -0.15) is 4.52 Å². The van der Waals surface area contributed by atoms with Crippen LogP contribution in [-0.2, 0) is 17.6 Å². The number of carbonyl (C=O) groups excluding carboxylic acids is 1. The monoisotopic (exact) mass is 518 g/mol. The summed E-state index contributed by atoms with van der Waals surface area (Å²) in [5, 5.41) is 12.3. The number of aryl methyl sites for hydroxylation is 2. The number of rotatable bonds is 10. The van der Waals surface area contributed by atoms with Crippen molar-refractivity contribution in [2.24, 2.45) is 0 Å². The van der Waals surface area contributed by atoms with E-state index in [2.05, 4.69) is 81.7 Å². The summed E-state index contributed by atoms with van der Waals surface area (Å²) in [6.07, 6.45) is 2.84. The van der Waals surface area contributed by atoms with Gasteiger partial charge in [-0.25, -0.2) is 4.98 Å². The summed E-state index contributed by atoms with van der Waals surface area (Å²) in [6, 6.07) is 19.0. The summed E-state index contributed by atoms with van der Waals surface area (Å²) < 4.78 is 1.87. The van der Waals surface area contributed by atoms with Crippen LogP contribution in [0.4, 0.5) is 10.9 Å². The molecule has 1 atom stereocenters. The smallest absolute Gasteiger partial charge is 0.239 e. The summed E-state index contributed by atoms with van der Waals surface area (Å²) in [6.45, 7) is 10.8. The highest BCUT2D eigenvalue weighted by atomic mass is 32.1. The number of amides is 1. The molecule has 0 aliphatic rings. The maximum atomic E-state index is 12.7. The Hall–Kier alpha value is -3.39. The molecular formula is C29H38N6OS. The first-order chi connectivity index (χ1) is 17.6. The second-order valence-corrected chi connectivity index (χ2v) is 11.6. The topological polar surface area (TPSA) is 74.6 Å². The molecule has 8 heteroatoms. The van der Waals surface area contributed by atoms with Crippen molar-refractivity contribution in [3.63, 3.8) is 0 Å². The molecule has 0 saturated heterocycles. The van der Waals surface area contributed by atoms with Gasteiger partial charge < -0.3 is 15.5 Å². The maximum absolute atomic E-state index is 12.7. The minimum absolute atomic E-state index is 0.0133. The lowest BCUT2D eigenvalue weighted by atomic mass is 10.1. The second-order valence-electron chi connectivity index (χ2n) is 10.7. The van der Waals surface area contributed by atoms with Crippen molar-refractivity contribution in [1.29, 1.82) is 0 Å². The molecule has 2 heterocycles. The van der Waals surface area contributed by atoms with Crippen LogP contribution in [0.2, 0.25) is 0 Å². The zero-order valence-corrected chi connectivity index (χ0v) is 23.5. The van der Waals surface area contributed by atoms with Crippen molar-refractivity contribution < 1.29 is 4.79 Å². The van der Waals surface area contributed by atoms with E-state index in [1.165, 1.54) is 22.5 Å². The summed E-state index contributed by atoms with van der Waals surface area (Å²) in [7, 11) is 1.90. The van der Waals surface area contributed by atoms with Crippen LogP contribution in [0.25, 0.3) is 16.2 Å². The van der Waals surface area contributed by atoms with Crippen LogP contribution < -0.4 is 15.5 Å². The number of aromatic nitrogens is 3. The SMILES string of the molecule is CCc1ccc(-c2nc3sc(N(C)CC(=O)N[C@H](C)CCc4ccccc4)nn3c2NC(C)(C)C)cc1. The molecule has 0 saturated carbocycles. The van der Waals surface area contributed by atoms with Gasteiger partial charge in [-0.05, 0) is 58.1 Å². The van der Waals surface area contributed by atoms with Crippen LogP contribution in [0.1, 0.15) is 52.2 Å². The number of anilines is 2. The number of benzene rings is 2. The number of carbonyl (C=O) groups is 1. The van der Waals surface area contributed by atoms with E-state index in [0.717, 1.165) is 46.4 Å². The van der Waals surface area contributed by atoms with E-state index in [9.17, 15) is 4.79 Å². The largest absolute Gasteiger partial charge is 0.364 e. The number of hydrogen-bond acceptors (Lipinski definition) is 6. The molecule has 7 nitrogen and oxygen atoms in total. The molecule has 4 aromatic rings. The third-order valence-electron chi connectivity index (χ3n) is 6.15. The van der Waals surface area contributed by atoms with Crippen molar-refractivity contribution in [2.45, 2.75) is 65.5 Å². The Bertz CT molecular complexity index is 1320. The first-order valence-corrected chi connectivity index (χ1v) is 13.8. The molecule has 2 aromatic heterocycles. The van der Waals surface area contributed by atoms with Gasteiger partial charge in [0.25, 0.3) is 0 Å². The summed E-state index contributed by atoms with van der Waals surface area (Å²) in [4.78, 5) is 20.3. The predicted molar refractivity (Wildman–Crippen MR) is 155 cm³/mol. The highest BCUT2D eigenvalue weighted by molar-refractivity contribution is 7.20. The lowest BCUT2D eigenvalue weighted by Crippen LogP contribution is -2.40. The van der Waals surface area contributed by atoms with Crippen LogP contribution in [0.5, 0.6) is 0 Å². The Morgan fingerprint density at radius 1 is 1.08 bits per heavy atom. The third kappa shape index (κ3) is 6.89. The van der Waals surface area contributed by atoms with Gasteiger partial charge in [-0.15, -0.1) is 5.10 Å². The average molecular weight is 519 g/mol. The number of nitrogens with zero attached hydrogens (tertiary/aromatic N) is 4. The molecule has 37 heavy (non-hydrogen) atoms. The van der Waals surface area contributed by atoms with Crippen molar-refractivity contribution >= 4 is 33.2 Å². The standard InChI is InChI=1S/C29H38N6OS/c1-7-21-15-17-23(18-16-21)25-26(32-29(3,4)5)35-27(31-25)37-28(33-35)34(6)19-24(36)30-20(2)13-14-22-11-9-8-10-12-22/h8-12,15-18,20,32H,7,13-14,19H2,1-6H3,(H,30,36)/t20-/m1/s1. The van der Waals surface area contributed by atoms with Crippen LogP contribution >= 0.6 is 11.3 Å². The quantitative estimate of drug-likeness (QED) is 0.277. The van der Waals surface area contributed by atoms with Gasteiger partial charge in [0.2, 0.25) is 16.0 Å². The van der Waals surface area contributed by atoms with Crippen LogP contribution in [0.15, 0.2) is 54.6 Å². The highest BCUT2D eigenvalue weighted by Gasteiger charge is 2.23. The molecular weight excluding hydrogens is 480 g/mol. The molecule has 2 aromatic carbocycles. The molecule has 196 valence electrons. The second kappa shape index (κ2) is 11.3. The van der Waals surface area contributed by atoms with Gasteiger partial charge in [0.15, 0.2) is 5.82 Å². The van der Waals surface area contributed by atoms with Gasteiger partial charge in [-0.1, -0.05) is 72.9 Å². The first-order valence-electron chi connectivity index (χ1n) is 12.9. The van der Waals surface area contributed by atoms with Crippen molar-refractivity contribution in [3.8, 4) is 11.3 Å². The number of imidazole rings is 1. The summed E-state index contributed by atoms with van der Waals surface area (Å²) >= 11 is 1.48. The lowest BCUT2D eigenvalue weighted by Gasteiger charge is -2.22. The Kier molecular flexibility index (Phi) is 8.17. The molecule has 0 bridgehead atoms. The highest BCUT2D eigenvalue weighted by Crippen LogP contribution is 2.34. The molecule has 0 radical (unpaired) electrons. The summed E-state index contributed by atoms with van der Waals surface area (Å²) in [5.41, 5.74) is 4.35. The normalized spacial score (nSPS) is 12.5. The Morgan fingerprint density at radius 2 is 1.78 bits per heavy atom. The van der Waals surface area contributed by atoms with Crippen LogP contribution in [0.3, 0.4) is 0 Å². The number of nitrogens with one attached hydrogen (secondary N) is 2. The lowest BCUT2D eigenvalue weighted by molar-refractivity contribution is -0.120. The van der Waals surface area contributed by atoms with Crippen molar-refractivity contribution in [3.05, 3.63) is 65.7 Å². The molecule has 2 N–H and O–H groups in total. The van der Waals surface area contributed by atoms with Crippen LogP contribution in [0, 0.1) is 0 Å². The number of fused-ring (bicyclic) bond motifs is 1. The van der Waals surface area contributed by atoms with E-state index in [-0.39, 0.29) is 24.0 Å². The van der Waals surface area contributed by atoms with Crippen molar-refractivity contribution in [2.75, 3.05) is 23.8 Å². The van der Waals surface area contributed by atoms with E-state index in [1.807, 2.05) is 34.7 Å². The Labute approximate surface area is 223 Å². The van der Waals surface area contributed by atoms with E-state index in [1.54, 1.807) is 0 Å². The van der Waals surface area contributed by atoms with E-state index in [0.29, 0.717) is 0 Å². The number of hydrogen-bond donors (Lipinski definition) is 2. The number of likely N-dealkylation sites (N-methyl/N-ethyl adjacent to an activating group) is 1. The minimum atomic E-state index is -0.167. The Morgan fingerprint density at radius 3 is 2.43 bits per heavy atom. The minimum Gasteiger partial charge on any atom is -0.364 e. The summed E-state index contributed by atoms with van der Waals surface area (Å²) in [5.74, 6) is 0.849. The predicted octanol–water partition coefficient (Wildman–Crippen LogP) is 5.80. The Balaban J connectivity index is 1.47. The van der Waals surface area contributed by atoms with Gasteiger partial charge >= 0.3 is 0 Å². The fourth-order valence-electron chi connectivity index (χ4n) is 4.16. The van der Waals surface area contributed by atoms with Gasteiger partial charge in [-0.3, -0.25) is 4.79 Å². The van der Waals surface area contributed by atoms with E-state index >= 15 is 0 Å². The molecule has 4 rings (SSSR count). The molecule has 0 spiro atoms. The molecule has 0 fully saturated rings. The average Bonchev–Trinajstić information content (AvgIpc) is 3.42. The van der Waals surface area contributed by atoms with Gasteiger partial charge in [0.1, 0.15) is 5.69 Å². The zero-order chi connectivity index (χ0) is 26.6. The zero-order valence-electron chi connectivity index (χ0n) is 22.7. The fourth-order valence-corrected chi connectivity index (χ4v) is 5.02. The van der Waals surface area contributed by atoms with Crippen molar-refractivity contribution in [1.82, 2.24) is 19.9 Å². The van der Waals surface area contributed by atoms with E-state index < -0.39 is 0 Å². The first kappa shape index (κ1) is 26.7. The van der Waals surface area contributed by atoms with Gasteiger partial charge in [0, 0.05) is 24.2 Å². The van der Waals surface area contributed by atoms with Gasteiger partial charge in [0.05, 0.1) is 6.54 Å². The molecule has 0 aliphatic carbocycles. The van der Waals surface area contributed by atoms with E-state index in [4.69, 9.17) is 10.1 Å².